The summed E-state index contributed by atoms with van der Waals surface area (Å²) in [6, 6.07) is 71.1. The van der Waals surface area contributed by atoms with Gasteiger partial charge in [-0.3, -0.25) is 0 Å². The highest BCUT2D eigenvalue weighted by molar-refractivity contribution is 5.93. The van der Waals surface area contributed by atoms with Crippen LogP contribution in [0.3, 0.4) is 0 Å². The summed E-state index contributed by atoms with van der Waals surface area (Å²) < 4.78 is 6.59. The summed E-state index contributed by atoms with van der Waals surface area (Å²) in [4.78, 5) is 2.38. The van der Waals surface area contributed by atoms with E-state index in [1.165, 1.54) is 55.6 Å². The predicted octanol–water partition coefficient (Wildman–Crippen LogP) is 14.3. The Morgan fingerprint density at radius 3 is 1.55 bits per heavy atom. The Labute approximate surface area is 312 Å². The normalized spacial score (nSPS) is 12.5. The summed E-state index contributed by atoms with van der Waals surface area (Å²) in [5, 5.41) is 0. The fourth-order valence-corrected chi connectivity index (χ4v) is 8.00. The van der Waals surface area contributed by atoms with Crippen LogP contribution in [0.1, 0.15) is 25.0 Å². The molecule has 0 saturated heterocycles. The maximum atomic E-state index is 6.59. The van der Waals surface area contributed by atoms with E-state index in [0.717, 1.165) is 28.6 Å². The minimum absolute atomic E-state index is 0.211. The summed E-state index contributed by atoms with van der Waals surface area (Å²) in [5.41, 5.74) is 15.3. The summed E-state index contributed by atoms with van der Waals surface area (Å²) in [7, 11) is 0. The first-order valence-electron chi connectivity index (χ1n) is 18.3. The lowest BCUT2D eigenvalue weighted by molar-refractivity contribution is 0.483. The van der Waals surface area contributed by atoms with Gasteiger partial charge in [0.25, 0.3) is 0 Å². The van der Waals surface area contributed by atoms with Crippen LogP contribution in [0.5, 0.6) is 11.5 Å². The highest BCUT2D eigenvalue weighted by atomic mass is 16.5. The van der Waals surface area contributed by atoms with Crippen LogP contribution < -0.4 is 9.64 Å². The molecule has 0 spiro atoms. The van der Waals surface area contributed by atoms with Gasteiger partial charge in [0.2, 0.25) is 0 Å². The largest absolute Gasteiger partial charge is 0.457 e. The molecule has 0 radical (unpaired) electrons. The molecule has 1 aliphatic carbocycles. The Morgan fingerprint density at radius 2 is 0.887 bits per heavy atom. The molecule has 0 amide bonds. The average Bonchev–Trinajstić information content (AvgIpc) is 3.47. The monoisotopic (exact) mass is 681 g/mol. The second-order valence-electron chi connectivity index (χ2n) is 14.1. The number of rotatable bonds is 8. The highest BCUT2D eigenvalue weighted by Crippen LogP contribution is 2.56. The lowest BCUT2D eigenvalue weighted by atomic mass is 9.78. The molecular weight excluding hydrogens is 643 g/mol. The third-order valence-electron chi connectivity index (χ3n) is 10.5. The molecule has 0 saturated carbocycles. The number of para-hydroxylation sites is 2. The van der Waals surface area contributed by atoms with Gasteiger partial charge in [0.1, 0.15) is 11.5 Å². The summed E-state index contributed by atoms with van der Waals surface area (Å²) >= 11 is 0. The van der Waals surface area contributed by atoms with Crippen molar-refractivity contribution in [1.82, 2.24) is 0 Å². The number of ether oxygens (including phenoxy) is 1. The molecule has 8 aromatic rings. The zero-order chi connectivity index (χ0) is 35.8. The minimum Gasteiger partial charge on any atom is -0.457 e. The molecule has 9 rings (SSSR count). The van der Waals surface area contributed by atoms with Crippen molar-refractivity contribution in [2.75, 3.05) is 4.90 Å². The molecule has 0 bridgehead atoms. The van der Waals surface area contributed by atoms with Crippen LogP contribution in [0.15, 0.2) is 200 Å². The fourth-order valence-electron chi connectivity index (χ4n) is 8.00. The lowest BCUT2D eigenvalue weighted by Gasteiger charge is -2.29. The van der Waals surface area contributed by atoms with Crippen LogP contribution in [0.4, 0.5) is 17.1 Å². The molecule has 0 heterocycles. The van der Waals surface area contributed by atoms with Gasteiger partial charge in [0.05, 0.1) is 5.69 Å². The van der Waals surface area contributed by atoms with E-state index in [-0.39, 0.29) is 5.41 Å². The molecule has 1 aliphatic rings. The van der Waals surface area contributed by atoms with Gasteiger partial charge < -0.3 is 9.64 Å². The van der Waals surface area contributed by atoms with Gasteiger partial charge in [-0.2, -0.15) is 0 Å². The van der Waals surface area contributed by atoms with E-state index < -0.39 is 0 Å². The van der Waals surface area contributed by atoms with Gasteiger partial charge in [-0.05, 0) is 93.0 Å². The third-order valence-corrected chi connectivity index (χ3v) is 10.5. The number of hydrogen-bond acceptors (Lipinski definition) is 2. The van der Waals surface area contributed by atoms with Gasteiger partial charge >= 0.3 is 0 Å². The van der Waals surface area contributed by atoms with E-state index >= 15 is 0 Å². The highest BCUT2D eigenvalue weighted by Gasteiger charge is 2.39. The molecule has 8 aromatic carbocycles. The SMILES string of the molecule is CC1(C)c2ccccc2-c2c(Oc3ccccc3)ccc(-c3ccc(N(c4ccc(-c5ccccc5)cc4)c4ccccc4-c4ccccc4)cc3)c21. The summed E-state index contributed by atoms with van der Waals surface area (Å²) in [5.74, 6) is 1.72. The molecule has 2 heteroatoms. The van der Waals surface area contributed by atoms with Gasteiger partial charge in [0.15, 0.2) is 0 Å². The van der Waals surface area contributed by atoms with E-state index in [4.69, 9.17) is 4.74 Å². The number of nitrogens with zero attached hydrogens (tertiary/aromatic N) is 1. The van der Waals surface area contributed by atoms with Crippen molar-refractivity contribution in [3.8, 4) is 56.0 Å². The molecule has 53 heavy (non-hydrogen) atoms. The van der Waals surface area contributed by atoms with Crippen molar-refractivity contribution in [2.45, 2.75) is 19.3 Å². The second kappa shape index (κ2) is 13.5. The smallest absolute Gasteiger partial charge is 0.135 e. The maximum absolute atomic E-state index is 6.59. The first-order valence-corrected chi connectivity index (χ1v) is 18.3. The van der Waals surface area contributed by atoms with Crippen molar-refractivity contribution in [2.24, 2.45) is 0 Å². The van der Waals surface area contributed by atoms with E-state index in [1.54, 1.807) is 0 Å². The van der Waals surface area contributed by atoms with Crippen LogP contribution in [-0.2, 0) is 5.41 Å². The van der Waals surface area contributed by atoms with Crippen molar-refractivity contribution in [3.63, 3.8) is 0 Å². The number of anilines is 3. The number of benzene rings is 8. The molecule has 0 unspecified atom stereocenters. The first-order chi connectivity index (χ1) is 26.1. The Hall–Kier alpha value is -6.64. The number of fused-ring (bicyclic) bond motifs is 3. The summed E-state index contributed by atoms with van der Waals surface area (Å²) in [6.07, 6.45) is 0. The molecule has 0 atom stereocenters. The van der Waals surface area contributed by atoms with Crippen molar-refractivity contribution >= 4 is 17.1 Å². The van der Waals surface area contributed by atoms with E-state index in [2.05, 4.69) is 189 Å². The number of hydrogen-bond donors (Lipinski definition) is 0. The van der Waals surface area contributed by atoms with Crippen molar-refractivity contribution < 1.29 is 4.74 Å². The molecular formula is C51H39NO. The second-order valence-corrected chi connectivity index (χ2v) is 14.1. The Bertz CT molecular complexity index is 2520. The zero-order valence-corrected chi connectivity index (χ0v) is 29.9. The van der Waals surface area contributed by atoms with Crippen molar-refractivity contribution in [1.29, 1.82) is 0 Å². The quantitative estimate of drug-likeness (QED) is 0.158. The van der Waals surface area contributed by atoms with E-state index in [0.29, 0.717) is 0 Å². The van der Waals surface area contributed by atoms with Crippen LogP contribution in [0.2, 0.25) is 0 Å². The Morgan fingerprint density at radius 1 is 0.396 bits per heavy atom. The molecule has 2 nitrogen and oxygen atoms in total. The van der Waals surface area contributed by atoms with Crippen LogP contribution in [0, 0.1) is 0 Å². The maximum Gasteiger partial charge on any atom is 0.135 e. The molecule has 0 aromatic heterocycles. The zero-order valence-electron chi connectivity index (χ0n) is 29.9. The van der Waals surface area contributed by atoms with Crippen molar-refractivity contribution in [3.05, 3.63) is 211 Å². The van der Waals surface area contributed by atoms with Crippen LogP contribution in [0.25, 0.3) is 44.5 Å². The Kier molecular flexibility index (Phi) is 8.21. The molecule has 0 fully saturated rings. The fraction of sp³-hybridized carbons (Fsp3) is 0.0588. The van der Waals surface area contributed by atoms with E-state index in [1.807, 2.05) is 30.3 Å². The van der Waals surface area contributed by atoms with Crippen LogP contribution >= 0.6 is 0 Å². The molecule has 0 N–H and O–H groups in total. The standard InChI is InChI=1S/C51H39NO/c1-51(2)46-24-14-12-23-45(46)49-48(53-42-20-10-5-11-21-42)35-34-44(50(49)51)39-28-32-41(33-29-39)52(40-30-26-37(27-31-40)36-16-6-3-7-17-36)47-25-15-13-22-43(47)38-18-8-4-9-19-38/h3-35H,1-2H3. The van der Waals surface area contributed by atoms with Gasteiger partial charge in [-0.15, -0.1) is 0 Å². The predicted molar refractivity (Wildman–Crippen MR) is 222 cm³/mol. The molecule has 254 valence electrons. The lowest BCUT2D eigenvalue weighted by Crippen LogP contribution is -2.16. The summed E-state index contributed by atoms with van der Waals surface area (Å²) in [6.45, 7) is 4.67. The topological polar surface area (TPSA) is 12.5 Å². The third kappa shape index (κ3) is 5.89. The Balaban J connectivity index is 1.16. The van der Waals surface area contributed by atoms with Crippen LogP contribution in [-0.4, -0.2) is 0 Å². The van der Waals surface area contributed by atoms with Gasteiger partial charge in [-0.1, -0.05) is 166 Å². The molecule has 0 aliphatic heterocycles. The van der Waals surface area contributed by atoms with Gasteiger partial charge in [0, 0.05) is 27.9 Å². The average molecular weight is 682 g/mol. The van der Waals surface area contributed by atoms with Gasteiger partial charge in [-0.25, -0.2) is 0 Å². The minimum atomic E-state index is -0.211. The van der Waals surface area contributed by atoms with E-state index in [9.17, 15) is 0 Å². The first kappa shape index (κ1) is 32.3.